The number of rotatable bonds is 2. The van der Waals surface area contributed by atoms with Gasteiger partial charge >= 0.3 is 0 Å². The van der Waals surface area contributed by atoms with Gasteiger partial charge in [-0.25, -0.2) is 4.99 Å². The molecular formula is C15H10BrCl3N2S. The van der Waals surface area contributed by atoms with Gasteiger partial charge in [-0.2, -0.15) is 4.40 Å². The summed E-state index contributed by atoms with van der Waals surface area (Å²) in [7, 11) is 0. The van der Waals surface area contributed by atoms with Gasteiger partial charge in [0.15, 0.2) is 5.84 Å². The molecule has 1 heterocycles. The Kier molecular flexibility index (Phi) is 6.36. The van der Waals surface area contributed by atoms with Gasteiger partial charge in [0, 0.05) is 5.56 Å². The first kappa shape index (κ1) is 17.8. The molecule has 1 aliphatic rings. The Morgan fingerprint density at radius 2 is 1.68 bits per heavy atom. The Morgan fingerprint density at radius 1 is 0.909 bits per heavy atom. The summed E-state index contributed by atoms with van der Waals surface area (Å²) in [6, 6.07) is 13.0. The van der Waals surface area contributed by atoms with Crippen LogP contribution in [-0.4, -0.2) is 17.3 Å². The molecule has 0 aromatic heterocycles. The van der Waals surface area contributed by atoms with Crippen LogP contribution in [0.15, 0.2) is 51.9 Å². The van der Waals surface area contributed by atoms with Crippen molar-refractivity contribution in [2.45, 2.75) is 0 Å². The largest absolute Gasteiger partial charge is 0.231 e. The van der Waals surface area contributed by atoms with Gasteiger partial charge in [0.2, 0.25) is 0 Å². The van der Waals surface area contributed by atoms with E-state index in [-0.39, 0.29) is 17.0 Å². The first-order valence-corrected chi connectivity index (χ1v) is 8.20. The predicted octanol–water partition coefficient (Wildman–Crippen LogP) is 6.12. The lowest BCUT2D eigenvalue weighted by Crippen LogP contribution is -2.13. The second kappa shape index (κ2) is 7.84. The number of amidine groups is 1. The monoisotopic (exact) mass is 434 g/mol. The molecule has 114 valence electrons. The normalized spacial score (nSPS) is 14.0. The Hall–Kier alpha value is -0.520. The minimum absolute atomic E-state index is 0. The van der Waals surface area contributed by atoms with Crippen molar-refractivity contribution in [1.82, 2.24) is 0 Å². The number of benzene rings is 2. The van der Waals surface area contributed by atoms with Crippen molar-refractivity contribution in [3.63, 3.8) is 0 Å². The van der Waals surface area contributed by atoms with E-state index in [4.69, 9.17) is 34.8 Å². The standard InChI is InChI=1S/C15H9Cl3N2S.BrH/c16-11-4-2-1-3-10(11)15-19-14(8-21-20-15)9-5-6-12(17)13(18)7-9;/h1-7H,8H2;1H. The first-order valence-electron chi connectivity index (χ1n) is 6.13. The molecule has 0 aliphatic carbocycles. The molecule has 3 rings (SSSR count). The van der Waals surface area contributed by atoms with Crippen molar-refractivity contribution in [2.24, 2.45) is 9.39 Å². The summed E-state index contributed by atoms with van der Waals surface area (Å²) in [6.07, 6.45) is 0. The number of aliphatic imine (C=N–C) groups is 1. The lowest BCUT2D eigenvalue weighted by atomic mass is 10.1. The van der Waals surface area contributed by atoms with E-state index in [0.717, 1.165) is 16.8 Å². The van der Waals surface area contributed by atoms with Crippen molar-refractivity contribution >= 4 is 75.3 Å². The molecule has 0 spiro atoms. The van der Waals surface area contributed by atoms with E-state index in [1.807, 2.05) is 36.4 Å². The van der Waals surface area contributed by atoms with Crippen LogP contribution in [0, 0.1) is 0 Å². The molecule has 0 bridgehead atoms. The SMILES string of the molecule is Br.Clc1ccc(C2=NC(c3ccccc3Cl)=NSC2)cc1Cl. The van der Waals surface area contributed by atoms with E-state index in [1.165, 1.54) is 11.9 Å². The highest BCUT2D eigenvalue weighted by Gasteiger charge is 2.15. The van der Waals surface area contributed by atoms with E-state index in [1.54, 1.807) is 6.07 Å². The van der Waals surface area contributed by atoms with Crippen LogP contribution in [0.2, 0.25) is 15.1 Å². The molecule has 0 atom stereocenters. The van der Waals surface area contributed by atoms with Crippen LogP contribution < -0.4 is 0 Å². The van der Waals surface area contributed by atoms with Gasteiger partial charge in [-0.15, -0.1) is 17.0 Å². The third kappa shape index (κ3) is 3.87. The van der Waals surface area contributed by atoms with Crippen LogP contribution in [0.4, 0.5) is 0 Å². The van der Waals surface area contributed by atoms with Crippen molar-refractivity contribution in [2.75, 3.05) is 5.75 Å². The Labute approximate surface area is 158 Å². The van der Waals surface area contributed by atoms with E-state index in [9.17, 15) is 0 Å². The minimum Gasteiger partial charge on any atom is -0.231 e. The highest BCUT2D eigenvalue weighted by atomic mass is 79.9. The maximum Gasteiger partial charge on any atom is 0.168 e. The second-order valence-electron chi connectivity index (χ2n) is 4.36. The lowest BCUT2D eigenvalue weighted by Gasteiger charge is -2.13. The van der Waals surface area contributed by atoms with Gasteiger partial charge < -0.3 is 0 Å². The van der Waals surface area contributed by atoms with E-state index in [0.29, 0.717) is 26.7 Å². The summed E-state index contributed by atoms with van der Waals surface area (Å²) >= 11 is 19.7. The predicted molar refractivity (Wildman–Crippen MR) is 104 cm³/mol. The quantitative estimate of drug-likeness (QED) is 0.520. The van der Waals surface area contributed by atoms with Crippen LogP contribution in [0.3, 0.4) is 0 Å². The van der Waals surface area contributed by atoms with E-state index < -0.39 is 0 Å². The fourth-order valence-electron chi connectivity index (χ4n) is 1.91. The summed E-state index contributed by atoms with van der Waals surface area (Å²) in [5, 5.41) is 1.68. The highest BCUT2D eigenvalue weighted by Crippen LogP contribution is 2.26. The lowest BCUT2D eigenvalue weighted by molar-refractivity contribution is 1.49. The zero-order valence-corrected chi connectivity index (χ0v) is 15.9. The third-order valence-electron chi connectivity index (χ3n) is 2.96. The van der Waals surface area contributed by atoms with Gasteiger partial charge in [0.05, 0.1) is 26.5 Å². The average Bonchev–Trinajstić information content (AvgIpc) is 2.51. The smallest absolute Gasteiger partial charge is 0.168 e. The fourth-order valence-corrected chi connectivity index (χ4v) is 3.11. The Morgan fingerprint density at radius 3 is 2.41 bits per heavy atom. The Bertz CT molecular complexity index is 762. The molecule has 0 saturated carbocycles. The molecule has 0 fully saturated rings. The molecule has 0 N–H and O–H groups in total. The van der Waals surface area contributed by atoms with Gasteiger partial charge in [-0.1, -0.05) is 53.0 Å². The molecule has 0 amide bonds. The number of halogens is 4. The van der Waals surface area contributed by atoms with Crippen LogP contribution in [-0.2, 0) is 0 Å². The van der Waals surface area contributed by atoms with Crippen LogP contribution in [0.25, 0.3) is 0 Å². The van der Waals surface area contributed by atoms with Crippen molar-refractivity contribution in [1.29, 1.82) is 0 Å². The third-order valence-corrected chi connectivity index (χ3v) is 4.73. The molecule has 2 nitrogen and oxygen atoms in total. The zero-order valence-electron chi connectivity index (χ0n) is 11.1. The number of hydrogen-bond acceptors (Lipinski definition) is 3. The molecule has 22 heavy (non-hydrogen) atoms. The molecule has 0 unspecified atom stereocenters. The average molecular weight is 437 g/mol. The van der Waals surface area contributed by atoms with Crippen LogP contribution in [0.5, 0.6) is 0 Å². The van der Waals surface area contributed by atoms with E-state index >= 15 is 0 Å². The molecule has 7 heteroatoms. The molecule has 2 aromatic carbocycles. The minimum atomic E-state index is 0. The highest BCUT2D eigenvalue weighted by molar-refractivity contribution is 8.93. The molecule has 0 radical (unpaired) electrons. The number of hydrogen-bond donors (Lipinski definition) is 0. The molecular weight excluding hydrogens is 427 g/mol. The summed E-state index contributed by atoms with van der Waals surface area (Å²) in [6.45, 7) is 0. The molecule has 0 saturated heterocycles. The maximum atomic E-state index is 6.20. The van der Waals surface area contributed by atoms with Gasteiger partial charge in [0.1, 0.15) is 0 Å². The van der Waals surface area contributed by atoms with Crippen molar-refractivity contribution < 1.29 is 0 Å². The summed E-state index contributed by atoms with van der Waals surface area (Å²) < 4.78 is 4.38. The van der Waals surface area contributed by atoms with Gasteiger partial charge in [-0.05, 0) is 41.8 Å². The molecule has 1 aliphatic heterocycles. The topological polar surface area (TPSA) is 24.7 Å². The van der Waals surface area contributed by atoms with Crippen molar-refractivity contribution in [3.05, 3.63) is 68.7 Å². The number of nitrogens with zero attached hydrogens (tertiary/aromatic N) is 2. The summed E-state index contributed by atoms with van der Waals surface area (Å²) in [5.41, 5.74) is 2.67. The fraction of sp³-hybridized carbons (Fsp3) is 0.0667. The maximum absolute atomic E-state index is 6.20. The molecule has 2 aromatic rings. The second-order valence-corrected chi connectivity index (χ2v) is 6.31. The van der Waals surface area contributed by atoms with Gasteiger partial charge in [0.25, 0.3) is 0 Å². The summed E-state index contributed by atoms with van der Waals surface area (Å²) in [4.78, 5) is 4.61. The summed E-state index contributed by atoms with van der Waals surface area (Å²) in [5.74, 6) is 1.31. The van der Waals surface area contributed by atoms with E-state index in [2.05, 4.69) is 9.39 Å². The Balaban J connectivity index is 0.00000176. The van der Waals surface area contributed by atoms with Crippen molar-refractivity contribution in [3.8, 4) is 0 Å². The van der Waals surface area contributed by atoms with Crippen LogP contribution >= 0.6 is 63.7 Å². The first-order chi connectivity index (χ1) is 10.1. The van der Waals surface area contributed by atoms with Crippen LogP contribution in [0.1, 0.15) is 11.1 Å². The zero-order chi connectivity index (χ0) is 14.8. The van der Waals surface area contributed by atoms with Gasteiger partial charge in [-0.3, -0.25) is 0 Å².